The van der Waals surface area contributed by atoms with Crippen molar-refractivity contribution in [2.24, 2.45) is 4.99 Å². The van der Waals surface area contributed by atoms with Gasteiger partial charge in [-0.05, 0) is 48.6 Å². The maximum atomic E-state index is 4.67. The number of nitrogens with zero attached hydrogens (tertiary/aromatic N) is 2. The Balaban J connectivity index is 1.96. The van der Waals surface area contributed by atoms with Gasteiger partial charge in [-0.1, -0.05) is 12.1 Å². The highest BCUT2D eigenvalue weighted by atomic mass is 32.1. The quantitative estimate of drug-likeness (QED) is 0.630. The molecule has 0 bridgehead atoms. The lowest BCUT2D eigenvalue weighted by molar-refractivity contribution is 0.821. The predicted octanol–water partition coefficient (Wildman–Crippen LogP) is 3.38. The minimum Gasteiger partial charge on any atom is -0.378 e. The zero-order chi connectivity index (χ0) is 16.7. The van der Waals surface area contributed by atoms with Gasteiger partial charge in [-0.3, -0.25) is 0 Å². The minimum absolute atomic E-state index is 0.673. The topological polar surface area (TPSA) is 39.7 Å². The molecule has 0 saturated heterocycles. The molecule has 0 spiro atoms. The molecule has 0 atom stereocenters. The SMILES string of the molecule is CCNC(=NCc1ccc(N(C)C)cc1)NCc1sccc1C. The van der Waals surface area contributed by atoms with Crippen LogP contribution in [0.15, 0.2) is 40.7 Å². The number of nitrogens with one attached hydrogen (secondary N) is 2. The third kappa shape index (κ3) is 5.28. The molecule has 1 aromatic carbocycles. The Morgan fingerprint density at radius 1 is 1.13 bits per heavy atom. The van der Waals surface area contributed by atoms with E-state index < -0.39 is 0 Å². The Bertz CT molecular complexity index is 629. The third-order valence-electron chi connectivity index (χ3n) is 3.60. The fourth-order valence-corrected chi connectivity index (χ4v) is 3.01. The highest BCUT2D eigenvalue weighted by molar-refractivity contribution is 7.10. The Morgan fingerprint density at radius 2 is 1.87 bits per heavy atom. The lowest BCUT2D eigenvalue weighted by atomic mass is 10.2. The second-order valence-corrected chi connectivity index (χ2v) is 6.64. The molecule has 0 fully saturated rings. The van der Waals surface area contributed by atoms with Crippen molar-refractivity contribution in [1.82, 2.24) is 10.6 Å². The summed E-state index contributed by atoms with van der Waals surface area (Å²) in [6.45, 7) is 6.57. The van der Waals surface area contributed by atoms with E-state index in [9.17, 15) is 0 Å². The lowest BCUT2D eigenvalue weighted by Crippen LogP contribution is -2.36. The standard InChI is InChI=1S/C18H26N4S/c1-5-19-18(21-13-17-14(2)10-11-23-17)20-12-15-6-8-16(9-7-15)22(3)4/h6-11H,5,12-13H2,1-4H3,(H2,19,20,21). The molecule has 5 heteroatoms. The molecule has 0 aliphatic rings. The second kappa shape index (κ2) is 8.58. The number of hydrogen-bond acceptors (Lipinski definition) is 3. The molecule has 4 nitrogen and oxygen atoms in total. The van der Waals surface area contributed by atoms with Crippen molar-refractivity contribution in [3.63, 3.8) is 0 Å². The van der Waals surface area contributed by atoms with Crippen molar-refractivity contribution in [2.45, 2.75) is 26.9 Å². The number of guanidine groups is 1. The first-order valence-electron chi connectivity index (χ1n) is 7.91. The summed E-state index contributed by atoms with van der Waals surface area (Å²) in [5.41, 5.74) is 3.74. The highest BCUT2D eigenvalue weighted by Gasteiger charge is 2.02. The number of anilines is 1. The molecular formula is C18H26N4S. The van der Waals surface area contributed by atoms with Crippen molar-refractivity contribution >= 4 is 23.0 Å². The first kappa shape index (κ1) is 17.3. The molecule has 0 aliphatic heterocycles. The van der Waals surface area contributed by atoms with Gasteiger partial charge in [0.1, 0.15) is 0 Å². The second-order valence-electron chi connectivity index (χ2n) is 5.64. The van der Waals surface area contributed by atoms with Gasteiger partial charge in [0, 0.05) is 31.2 Å². The van der Waals surface area contributed by atoms with Crippen molar-refractivity contribution < 1.29 is 0 Å². The molecule has 2 rings (SSSR count). The van der Waals surface area contributed by atoms with Gasteiger partial charge in [0.2, 0.25) is 0 Å². The van der Waals surface area contributed by atoms with Crippen molar-refractivity contribution in [2.75, 3.05) is 25.5 Å². The number of thiophene rings is 1. The monoisotopic (exact) mass is 330 g/mol. The van der Waals surface area contributed by atoms with E-state index in [1.807, 2.05) is 14.1 Å². The van der Waals surface area contributed by atoms with E-state index in [1.54, 1.807) is 11.3 Å². The van der Waals surface area contributed by atoms with Gasteiger partial charge in [-0.2, -0.15) is 0 Å². The molecular weight excluding hydrogens is 304 g/mol. The van der Waals surface area contributed by atoms with E-state index in [1.165, 1.54) is 21.7 Å². The van der Waals surface area contributed by atoms with Gasteiger partial charge in [0.15, 0.2) is 5.96 Å². The van der Waals surface area contributed by atoms with Gasteiger partial charge in [-0.15, -0.1) is 11.3 Å². The van der Waals surface area contributed by atoms with Crippen LogP contribution < -0.4 is 15.5 Å². The van der Waals surface area contributed by atoms with Crippen molar-refractivity contribution in [3.8, 4) is 0 Å². The average molecular weight is 331 g/mol. The summed E-state index contributed by atoms with van der Waals surface area (Å²) in [7, 11) is 4.10. The Morgan fingerprint density at radius 3 is 2.43 bits per heavy atom. The smallest absolute Gasteiger partial charge is 0.191 e. The van der Waals surface area contributed by atoms with Crippen LogP contribution in [0, 0.1) is 6.92 Å². The fourth-order valence-electron chi connectivity index (χ4n) is 2.16. The number of hydrogen-bond donors (Lipinski definition) is 2. The van der Waals surface area contributed by atoms with Gasteiger partial charge < -0.3 is 15.5 Å². The van der Waals surface area contributed by atoms with Gasteiger partial charge in [0.05, 0.1) is 13.1 Å². The van der Waals surface area contributed by atoms with E-state index >= 15 is 0 Å². The van der Waals surface area contributed by atoms with Crippen molar-refractivity contribution in [1.29, 1.82) is 0 Å². The van der Waals surface area contributed by atoms with E-state index in [0.717, 1.165) is 19.0 Å². The Labute approximate surface area is 143 Å². The first-order valence-corrected chi connectivity index (χ1v) is 8.79. The van der Waals surface area contributed by atoms with Crippen LogP contribution in [0.3, 0.4) is 0 Å². The van der Waals surface area contributed by atoms with Crippen LogP contribution in [-0.2, 0) is 13.1 Å². The zero-order valence-electron chi connectivity index (χ0n) is 14.4. The first-order chi connectivity index (χ1) is 11.1. The zero-order valence-corrected chi connectivity index (χ0v) is 15.2. The molecule has 1 aromatic heterocycles. The maximum Gasteiger partial charge on any atom is 0.191 e. The van der Waals surface area contributed by atoms with E-state index in [0.29, 0.717) is 6.54 Å². The van der Waals surface area contributed by atoms with E-state index in [2.05, 4.69) is 70.1 Å². The largest absolute Gasteiger partial charge is 0.378 e. The number of rotatable bonds is 6. The molecule has 0 saturated carbocycles. The predicted molar refractivity (Wildman–Crippen MR) is 101 cm³/mol. The third-order valence-corrected chi connectivity index (χ3v) is 4.62. The maximum absolute atomic E-state index is 4.67. The molecule has 0 amide bonds. The van der Waals surface area contributed by atoms with Gasteiger partial charge >= 0.3 is 0 Å². The summed E-state index contributed by atoms with van der Waals surface area (Å²) >= 11 is 1.78. The summed E-state index contributed by atoms with van der Waals surface area (Å²) in [6.07, 6.45) is 0. The minimum atomic E-state index is 0.673. The summed E-state index contributed by atoms with van der Waals surface area (Å²) in [5.74, 6) is 0.858. The van der Waals surface area contributed by atoms with Crippen LogP contribution in [0.25, 0.3) is 0 Å². The Kier molecular flexibility index (Phi) is 6.47. The molecule has 2 aromatic rings. The van der Waals surface area contributed by atoms with Crippen LogP contribution in [0.2, 0.25) is 0 Å². The van der Waals surface area contributed by atoms with Crippen LogP contribution in [-0.4, -0.2) is 26.6 Å². The van der Waals surface area contributed by atoms with Gasteiger partial charge in [0.25, 0.3) is 0 Å². The number of aliphatic imine (C=N–C) groups is 1. The molecule has 2 N–H and O–H groups in total. The normalized spacial score (nSPS) is 11.4. The molecule has 23 heavy (non-hydrogen) atoms. The molecule has 0 unspecified atom stereocenters. The highest BCUT2D eigenvalue weighted by Crippen LogP contribution is 2.15. The summed E-state index contributed by atoms with van der Waals surface area (Å²) in [5, 5.41) is 8.83. The van der Waals surface area contributed by atoms with E-state index in [4.69, 9.17) is 0 Å². The van der Waals surface area contributed by atoms with Crippen LogP contribution >= 0.6 is 11.3 Å². The molecule has 0 aliphatic carbocycles. The molecule has 124 valence electrons. The lowest BCUT2D eigenvalue weighted by Gasteiger charge is -2.13. The van der Waals surface area contributed by atoms with E-state index in [-0.39, 0.29) is 0 Å². The van der Waals surface area contributed by atoms with Crippen LogP contribution in [0.5, 0.6) is 0 Å². The molecule has 1 heterocycles. The van der Waals surface area contributed by atoms with Gasteiger partial charge in [-0.25, -0.2) is 4.99 Å². The summed E-state index contributed by atoms with van der Waals surface area (Å²) in [6, 6.07) is 10.7. The van der Waals surface area contributed by atoms with Crippen molar-refractivity contribution in [3.05, 3.63) is 51.7 Å². The summed E-state index contributed by atoms with van der Waals surface area (Å²) < 4.78 is 0. The fraction of sp³-hybridized carbons (Fsp3) is 0.389. The van der Waals surface area contributed by atoms with Crippen LogP contribution in [0.4, 0.5) is 5.69 Å². The average Bonchev–Trinajstić information content (AvgIpc) is 2.95. The molecule has 0 radical (unpaired) electrons. The number of benzene rings is 1. The number of aryl methyl sites for hydroxylation is 1. The van der Waals surface area contributed by atoms with Crippen LogP contribution in [0.1, 0.15) is 22.9 Å². The Hall–Kier alpha value is -2.01. The summed E-state index contributed by atoms with van der Waals surface area (Å²) in [4.78, 5) is 8.12.